The molecular weight excluding hydrogens is 312 g/mol. The van der Waals surface area contributed by atoms with Crippen LogP contribution in [0.5, 0.6) is 0 Å². The topological polar surface area (TPSA) is 110 Å². The minimum absolute atomic E-state index is 0.233. The van der Waals surface area contributed by atoms with Gasteiger partial charge in [0.2, 0.25) is 17.1 Å². The number of anilines is 2. The van der Waals surface area contributed by atoms with Gasteiger partial charge in [-0.15, -0.1) is 5.10 Å². The summed E-state index contributed by atoms with van der Waals surface area (Å²) in [6.07, 6.45) is 6.29. The molecule has 0 radical (unpaired) electrons. The standard InChI is InChI=1S/C14H22N8S/c1-22(2)13-17-11(16-12(15)19-13)8-23-14-18-10(20-21-14)7-9-5-3-4-6-9/h9H,3-8H2,1-2H3,(H,18,20,21)(H2,15,16,17,19). The average molecular weight is 334 g/mol. The number of nitrogens with zero attached hydrogens (tertiary/aromatic N) is 6. The Balaban J connectivity index is 1.59. The number of hydrogen-bond acceptors (Lipinski definition) is 8. The third-order valence-corrected chi connectivity index (χ3v) is 4.73. The van der Waals surface area contributed by atoms with Crippen molar-refractivity contribution in [2.24, 2.45) is 5.92 Å². The van der Waals surface area contributed by atoms with Crippen molar-refractivity contribution in [1.29, 1.82) is 0 Å². The summed E-state index contributed by atoms with van der Waals surface area (Å²) in [5, 5.41) is 8.03. The van der Waals surface area contributed by atoms with Crippen LogP contribution in [0.1, 0.15) is 37.3 Å². The highest BCUT2D eigenvalue weighted by atomic mass is 32.2. The monoisotopic (exact) mass is 334 g/mol. The minimum atomic E-state index is 0.233. The second kappa shape index (κ2) is 7.12. The molecule has 0 spiro atoms. The molecule has 23 heavy (non-hydrogen) atoms. The van der Waals surface area contributed by atoms with Gasteiger partial charge in [0.15, 0.2) is 0 Å². The van der Waals surface area contributed by atoms with E-state index >= 15 is 0 Å². The summed E-state index contributed by atoms with van der Waals surface area (Å²) in [5.41, 5.74) is 5.73. The highest BCUT2D eigenvalue weighted by Gasteiger charge is 2.17. The lowest BCUT2D eigenvalue weighted by atomic mass is 10.0. The van der Waals surface area contributed by atoms with E-state index in [4.69, 9.17) is 5.73 Å². The molecule has 124 valence electrons. The molecule has 0 saturated heterocycles. The Labute approximate surface area is 139 Å². The Kier molecular flexibility index (Phi) is 4.94. The quantitative estimate of drug-likeness (QED) is 0.768. The van der Waals surface area contributed by atoms with Crippen LogP contribution in [0.15, 0.2) is 5.16 Å². The first-order chi connectivity index (χ1) is 11.1. The second-order valence-corrected chi connectivity index (χ2v) is 6.95. The molecule has 1 fully saturated rings. The number of nitrogen functional groups attached to an aromatic ring is 1. The summed E-state index contributed by atoms with van der Waals surface area (Å²) in [4.78, 5) is 19.0. The molecule has 2 aromatic heterocycles. The zero-order valence-electron chi connectivity index (χ0n) is 13.5. The number of aromatic amines is 1. The van der Waals surface area contributed by atoms with Crippen molar-refractivity contribution in [2.45, 2.75) is 43.0 Å². The van der Waals surface area contributed by atoms with Gasteiger partial charge in [0.05, 0.1) is 5.75 Å². The SMILES string of the molecule is CN(C)c1nc(N)nc(CSc2n[nH]c(CC3CCCC3)n2)n1. The molecule has 8 nitrogen and oxygen atoms in total. The summed E-state index contributed by atoms with van der Waals surface area (Å²) in [6.45, 7) is 0. The summed E-state index contributed by atoms with van der Waals surface area (Å²) in [5.74, 6) is 3.72. The van der Waals surface area contributed by atoms with Gasteiger partial charge < -0.3 is 10.6 Å². The third-order valence-electron chi connectivity index (χ3n) is 3.89. The largest absolute Gasteiger partial charge is 0.368 e. The van der Waals surface area contributed by atoms with Gasteiger partial charge in [-0.1, -0.05) is 37.4 Å². The van der Waals surface area contributed by atoms with Crippen molar-refractivity contribution < 1.29 is 0 Å². The molecule has 2 aromatic rings. The molecule has 9 heteroatoms. The van der Waals surface area contributed by atoms with Crippen LogP contribution in [0, 0.1) is 5.92 Å². The van der Waals surface area contributed by atoms with Crippen molar-refractivity contribution in [3.63, 3.8) is 0 Å². The Morgan fingerprint density at radius 2 is 1.96 bits per heavy atom. The van der Waals surface area contributed by atoms with E-state index in [1.54, 1.807) is 4.90 Å². The number of nitrogens with one attached hydrogen (secondary N) is 1. The lowest BCUT2D eigenvalue weighted by Gasteiger charge is -2.10. The normalized spacial score (nSPS) is 15.2. The first-order valence-corrected chi connectivity index (χ1v) is 8.80. The zero-order valence-corrected chi connectivity index (χ0v) is 14.3. The van der Waals surface area contributed by atoms with E-state index < -0.39 is 0 Å². The highest BCUT2D eigenvalue weighted by Crippen LogP contribution is 2.27. The molecule has 1 aliphatic rings. The fraction of sp³-hybridized carbons (Fsp3) is 0.643. The average Bonchev–Trinajstić information content (AvgIpc) is 3.17. The van der Waals surface area contributed by atoms with Gasteiger partial charge in [0.1, 0.15) is 11.6 Å². The molecule has 1 aliphatic carbocycles. The van der Waals surface area contributed by atoms with Crippen molar-refractivity contribution in [2.75, 3.05) is 24.7 Å². The number of rotatable bonds is 6. The predicted molar refractivity (Wildman–Crippen MR) is 90.2 cm³/mol. The molecule has 0 bridgehead atoms. The van der Waals surface area contributed by atoms with Gasteiger partial charge in [0, 0.05) is 20.5 Å². The van der Waals surface area contributed by atoms with Crippen molar-refractivity contribution in [3.8, 4) is 0 Å². The molecule has 1 saturated carbocycles. The fourth-order valence-electron chi connectivity index (χ4n) is 2.74. The number of nitrogens with two attached hydrogens (primary N) is 1. The third kappa shape index (κ3) is 4.31. The van der Waals surface area contributed by atoms with Gasteiger partial charge >= 0.3 is 0 Å². The van der Waals surface area contributed by atoms with Gasteiger partial charge in [-0.05, 0) is 5.92 Å². The fourth-order valence-corrected chi connectivity index (χ4v) is 3.41. The van der Waals surface area contributed by atoms with E-state index in [9.17, 15) is 0 Å². The first-order valence-electron chi connectivity index (χ1n) is 7.82. The van der Waals surface area contributed by atoms with Gasteiger partial charge in [-0.3, -0.25) is 5.10 Å². The smallest absolute Gasteiger partial charge is 0.229 e. The Morgan fingerprint density at radius 3 is 2.70 bits per heavy atom. The van der Waals surface area contributed by atoms with Crippen molar-refractivity contribution in [1.82, 2.24) is 30.1 Å². The van der Waals surface area contributed by atoms with Crippen molar-refractivity contribution in [3.05, 3.63) is 11.6 Å². The Hall–Kier alpha value is -1.90. The molecule has 0 aromatic carbocycles. The number of thioether (sulfide) groups is 1. The molecule has 0 unspecified atom stereocenters. The zero-order chi connectivity index (χ0) is 16.2. The lowest BCUT2D eigenvalue weighted by molar-refractivity contribution is 0.531. The second-order valence-electron chi connectivity index (χ2n) is 6.01. The molecule has 0 amide bonds. The Morgan fingerprint density at radius 1 is 1.17 bits per heavy atom. The van der Waals surface area contributed by atoms with Crippen LogP contribution in [0.4, 0.5) is 11.9 Å². The Bertz CT molecular complexity index is 650. The lowest BCUT2D eigenvalue weighted by Crippen LogP contribution is -2.15. The molecular formula is C14H22N8S. The molecule has 2 heterocycles. The van der Waals surface area contributed by atoms with E-state index in [1.807, 2.05) is 14.1 Å². The minimum Gasteiger partial charge on any atom is -0.368 e. The molecule has 3 N–H and O–H groups in total. The van der Waals surface area contributed by atoms with Crippen LogP contribution < -0.4 is 10.6 Å². The maximum Gasteiger partial charge on any atom is 0.229 e. The van der Waals surface area contributed by atoms with Crippen LogP contribution in [-0.2, 0) is 12.2 Å². The number of H-pyrrole nitrogens is 1. The van der Waals surface area contributed by atoms with Crippen molar-refractivity contribution >= 4 is 23.7 Å². The maximum absolute atomic E-state index is 5.73. The van der Waals surface area contributed by atoms with E-state index in [-0.39, 0.29) is 5.95 Å². The van der Waals surface area contributed by atoms with Gasteiger partial charge in [-0.2, -0.15) is 15.0 Å². The van der Waals surface area contributed by atoms with Gasteiger partial charge in [0.25, 0.3) is 0 Å². The van der Waals surface area contributed by atoms with E-state index in [1.165, 1.54) is 37.4 Å². The van der Waals surface area contributed by atoms with Crippen LogP contribution in [0.25, 0.3) is 0 Å². The van der Waals surface area contributed by atoms with E-state index in [0.717, 1.165) is 23.3 Å². The molecule has 0 aliphatic heterocycles. The molecule has 3 rings (SSSR count). The van der Waals surface area contributed by atoms with Crippen LogP contribution >= 0.6 is 11.8 Å². The summed E-state index contributed by atoms with van der Waals surface area (Å²) in [7, 11) is 3.74. The number of aromatic nitrogens is 6. The first kappa shape index (κ1) is 16.0. The maximum atomic E-state index is 5.73. The summed E-state index contributed by atoms with van der Waals surface area (Å²) in [6, 6.07) is 0. The van der Waals surface area contributed by atoms with Crippen LogP contribution in [0.2, 0.25) is 0 Å². The van der Waals surface area contributed by atoms with E-state index in [0.29, 0.717) is 17.5 Å². The van der Waals surface area contributed by atoms with E-state index in [2.05, 4.69) is 30.1 Å². The summed E-state index contributed by atoms with van der Waals surface area (Å²) >= 11 is 1.50. The van der Waals surface area contributed by atoms with Gasteiger partial charge in [-0.25, -0.2) is 4.98 Å². The van der Waals surface area contributed by atoms with Crippen LogP contribution in [-0.4, -0.2) is 44.2 Å². The van der Waals surface area contributed by atoms with Crippen LogP contribution in [0.3, 0.4) is 0 Å². The predicted octanol–water partition coefficient (Wildman–Crippen LogP) is 1.66. The number of hydrogen-bond donors (Lipinski definition) is 2. The highest BCUT2D eigenvalue weighted by molar-refractivity contribution is 7.98. The summed E-state index contributed by atoms with van der Waals surface area (Å²) < 4.78 is 0. The molecule has 0 atom stereocenters.